The van der Waals surface area contributed by atoms with Crippen LogP contribution in [0.25, 0.3) is 11.3 Å². The van der Waals surface area contributed by atoms with E-state index < -0.39 is 53.1 Å². The highest BCUT2D eigenvalue weighted by atomic mass is 19.1. The first kappa shape index (κ1) is 26.7. The summed E-state index contributed by atoms with van der Waals surface area (Å²) in [5, 5.41) is 13.3. The van der Waals surface area contributed by atoms with Crippen LogP contribution in [0.3, 0.4) is 0 Å². The van der Waals surface area contributed by atoms with Crippen molar-refractivity contribution in [1.82, 2.24) is 14.7 Å². The Morgan fingerprint density at radius 3 is 2.48 bits per heavy atom. The van der Waals surface area contributed by atoms with Crippen LogP contribution in [0.5, 0.6) is 11.5 Å². The molecule has 2 heterocycles. The number of carboxylic acid groups (broad SMARTS) is 1. The molecule has 1 N–H and O–H groups in total. The zero-order valence-electron chi connectivity index (χ0n) is 21.0. The van der Waals surface area contributed by atoms with Crippen LogP contribution in [-0.4, -0.2) is 44.8 Å². The fourth-order valence-corrected chi connectivity index (χ4v) is 4.49. The first-order valence-corrected chi connectivity index (χ1v) is 12.0. The smallest absolute Gasteiger partial charge is 0.335 e. The maximum atomic E-state index is 14.5. The standard InChI is InChI=1S/C28H21F4N3O5/c1-34-25-18-12-17(29)6-7-23(18)40-14-19(25)24(33-34)27(36)35(13-15-4-2-3-5-20(15)30)8-9-39-26-21(31)10-16(28(37)38)11-22(26)32/h2-7,10-12H,8-9,13-14H2,1H3,(H,37,38). The average Bonchev–Trinajstić information content (AvgIpc) is 3.26. The van der Waals surface area contributed by atoms with Gasteiger partial charge in [0.1, 0.15) is 30.6 Å². The highest BCUT2D eigenvalue weighted by Crippen LogP contribution is 2.39. The number of carbonyl (C=O) groups excluding carboxylic acids is 1. The fraction of sp³-hybridized carbons (Fsp3) is 0.179. The van der Waals surface area contributed by atoms with Gasteiger partial charge >= 0.3 is 5.97 Å². The van der Waals surface area contributed by atoms with E-state index in [0.717, 1.165) is 0 Å². The Morgan fingerprint density at radius 2 is 1.77 bits per heavy atom. The molecule has 0 fully saturated rings. The number of benzene rings is 3. The highest BCUT2D eigenvalue weighted by molar-refractivity contribution is 5.96. The van der Waals surface area contributed by atoms with Gasteiger partial charge < -0.3 is 19.5 Å². The minimum Gasteiger partial charge on any atom is -0.488 e. The first-order valence-electron chi connectivity index (χ1n) is 12.0. The summed E-state index contributed by atoms with van der Waals surface area (Å²) >= 11 is 0. The summed E-state index contributed by atoms with van der Waals surface area (Å²) in [6, 6.07) is 11.0. The normalized spacial score (nSPS) is 11.8. The predicted molar refractivity (Wildman–Crippen MR) is 133 cm³/mol. The second-order valence-corrected chi connectivity index (χ2v) is 8.97. The molecule has 206 valence electrons. The van der Waals surface area contributed by atoms with E-state index in [0.29, 0.717) is 34.7 Å². The van der Waals surface area contributed by atoms with Gasteiger partial charge in [0.25, 0.3) is 5.91 Å². The number of aryl methyl sites for hydroxylation is 1. The van der Waals surface area contributed by atoms with Crippen molar-refractivity contribution in [3.8, 4) is 22.8 Å². The number of fused-ring (bicyclic) bond motifs is 3. The molecule has 40 heavy (non-hydrogen) atoms. The minimum atomic E-state index is -1.51. The first-order chi connectivity index (χ1) is 19.1. The van der Waals surface area contributed by atoms with Crippen LogP contribution >= 0.6 is 0 Å². The second-order valence-electron chi connectivity index (χ2n) is 8.97. The Morgan fingerprint density at radius 1 is 1.05 bits per heavy atom. The van der Waals surface area contributed by atoms with E-state index in [2.05, 4.69) is 5.10 Å². The van der Waals surface area contributed by atoms with E-state index >= 15 is 0 Å². The molecule has 1 amide bonds. The summed E-state index contributed by atoms with van der Waals surface area (Å²) in [6.45, 7) is -0.918. The summed E-state index contributed by atoms with van der Waals surface area (Å²) in [4.78, 5) is 26.0. The van der Waals surface area contributed by atoms with Crippen molar-refractivity contribution in [3.05, 3.63) is 100 Å². The molecule has 5 rings (SSSR count). The third kappa shape index (κ3) is 5.07. The van der Waals surface area contributed by atoms with Gasteiger partial charge in [0.05, 0.1) is 17.8 Å². The number of hydrogen-bond donors (Lipinski definition) is 1. The van der Waals surface area contributed by atoms with Gasteiger partial charge in [-0.1, -0.05) is 18.2 Å². The van der Waals surface area contributed by atoms with Crippen LogP contribution in [0.15, 0.2) is 54.6 Å². The summed E-state index contributed by atoms with van der Waals surface area (Å²) in [7, 11) is 1.59. The lowest BCUT2D eigenvalue weighted by atomic mass is 10.0. The molecule has 0 unspecified atom stereocenters. The largest absolute Gasteiger partial charge is 0.488 e. The number of aromatic carboxylic acids is 1. The zero-order chi connectivity index (χ0) is 28.6. The SMILES string of the molecule is Cn1nc(C(=O)N(CCOc2c(F)cc(C(=O)O)cc2F)Cc2ccccc2F)c2c1-c1cc(F)ccc1OC2. The summed E-state index contributed by atoms with van der Waals surface area (Å²) in [5.74, 6) is -6.08. The predicted octanol–water partition coefficient (Wildman–Crippen LogP) is 4.96. The molecule has 0 bridgehead atoms. The topological polar surface area (TPSA) is 93.9 Å². The van der Waals surface area contributed by atoms with Crippen molar-refractivity contribution in [2.24, 2.45) is 7.05 Å². The van der Waals surface area contributed by atoms with E-state index in [-0.39, 0.29) is 31.0 Å². The number of carboxylic acids is 1. The molecule has 3 aromatic carbocycles. The lowest BCUT2D eigenvalue weighted by molar-refractivity contribution is 0.0686. The molecule has 0 radical (unpaired) electrons. The molecular weight excluding hydrogens is 534 g/mol. The minimum absolute atomic E-state index is 0.0214. The van der Waals surface area contributed by atoms with E-state index in [1.165, 1.54) is 46.0 Å². The van der Waals surface area contributed by atoms with Crippen LogP contribution < -0.4 is 9.47 Å². The van der Waals surface area contributed by atoms with E-state index in [9.17, 15) is 27.2 Å². The zero-order valence-corrected chi connectivity index (χ0v) is 21.0. The van der Waals surface area contributed by atoms with Crippen LogP contribution in [0.4, 0.5) is 17.6 Å². The molecule has 1 aliphatic heterocycles. The number of aromatic nitrogens is 2. The monoisotopic (exact) mass is 555 g/mol. The Hall–Kier alpha value is -4.87. The van der Waals surface area contributed by atoms with Crippen molar-refractivity contribution in [2.75, 3.05) is 13.2 Å². The Balaban J connectivity index is 1.44. The van der Waals surface area contributed by atoms with Gasteiger partial charge in [-0.25, -0.2) is 22.4 Å². The number of halogens is 4. The maximum absolute atomic E-state index is 14.5. The molecule has 0 atom stereocenters. The highest BCUT2D eigenvalue weighted by Gasteiger charge is 2.31. The number of hydrogen-bond acceptors (Lipinski definition) is 5. The van der Waals surface area contributed by atoms with Crippen LogP contribution in [-0.2, 0) is 20.2 Å². The molecule has 4 aromatic rings. The molecule has 0 spiro atoms. The Labute approximate surface area is 225 Å². The van der Waals surface area contributed by atoms with Gasteiger partial charge in [-0.2, -0.15) is 5.10 Å². The number of amides is 1. The van der Waals surface area contributed by atoms with E-state index in [1.54, 1.807) is 13.1 Å². The van der Waals surface area contributed by atoms with Crippen LogP contribution in [0.1, 0.15) is 32.0 Å². The van der Waals surface area contributed by atoms with Crippen LogP contribution in [0.2, 0.25) is 0 Å². The number of nitrogens with zero attached hydrogens (tertiary/aromatic N) is 3. The van der Waals surface area contributed by atoms with Gasteiger partial charge in [0, 0.05) is 30.3 Å². The Bertz CT molecular complexity index is 1620. The summed E-state index contributed by atoms with van der Waals surface area (Å²) in [6.07, 6.45) is 0. The second kappa shape index (κ2) is 10.7. The summed E-state index contributed by atoms with van der Waals surface area (Å²) in [5.41, 5.74) is 0.844. The van der Waals surface area contributed by atoms with Gasteiger partial charge in [-0.3, -0.25) is 9.48 Å². The third-order valence-corrected chi connectivity index (χ3v) is 6.38. The molecule has 12 heteroatoms. The fourth-order valence-electron chi connectivity index (χ4n) is 4.49. The molecular formula is C28H21F4N3O5. The maximum Gasteiger partial charge on any atom is 0.335 e. The number of rotatable bonds is 8. The molecule has 8 nitrogen and oxygen atoms in total. The summed E-state index contributed by atoms with van der Waals surface area (Å²) < 4.78 is 69.6. The lowest BCUT2D eigenvalue weighted by Gasteiger charge is -2.24. The molecule has 1 aromatic heterocycles. The quantitative estimate of drug-likeness (QED) is 0.309. The van der Waals surface area contributed by atoms with Crippen molar-refractivity contribution < 1.29 is 41.7 Å². The average molecular weight is 555 g/mol. The van der Waals surface area contributed by atoms with E-state index in [1.807, 2.05) is 0 Å². The van der Waals surface area contributed by atoms with Crippen molar-refractivity contribution in [2.45, 2.75) is 13.2 Å². The number of carbonyl (C=O) groups is 2. The van der Waals surface area contributed by atoms with Crippen molar-refractivity contribution >= 4 is 11.9 Å². The van der Waals surface area contributed by atoms with Gasteiger partial charge in [0.15, 0.2) is 23.1 Å². The van der Waals surface area contributed by atoms with E-state index in [4.69, 9.17) is 14.6 Å². The Kier molecular flexibility index (Phi) is 7.16. The molecule has 0 saturated carbocycles. The molecule has 1 aliphatic rings. The third-order valence-electron chi connectivity index (χ3n) is 6.38. The molecule has 0 aliphatic carbocycles. The van der Waals surface area contributed by atoms with Crippen LogP contribution in [0, 0.1) is 23.3 Å². The van der Waals surface area contributed by atoms with Gasteiger partial charge in [-0.15, -0.1) is 0 Å². The van der Waals surface area contributed by atoms with Gasteiger partial charge in [0.2, 0.25) is 0 Å². The van der Waals surface area contributed by atoms with Crippen molar-refractivity contribution in [3.63, 3.8) is 0 Å². The van der Waals surface area contributed by atoms with Crippen molar-refractivity contribution in [1.29, 1.82) is 0 Å². The van der Waals surface area contributed by atoms with Gasteiger partial charge in [-0.05, 0) is 36.4 Å². The lowest BCUT2D eigenvalue weighted by Crippen LogP contribution is -2.35. The number of ether oxygens (including phenoxy) is 2. The molecule has 0 saturated heterocycles.